The maximum Gasteiger partial charge on any atom is 0.0129 e. The van der Waals surface area contributed by atoms with E-state index in [-0.39, 0.29) is 5.41 Å². The summed E-state index contributed by atoms with van der Waals surface area (Å²) >= 11 is 0. The van der Waals surface area contributed by atoms with Crippen LogP contribution in [0.2, 0.25) is 0 Å². The Bertz CT molecular complexity index is 435. The highest BCUT2D eigenvalue weighted by Crippen LogP contribution is 2.25. The topological polar surface area (TPSA) is 0 Å². The molecule has 0 bridgehead atoms. The van der Waals surface area contributed by atoms with Crippen LogP contribution in [0.1, 0.15) is 64.2 Å². The highest BCUT2D eigenvalue weighted by atomic mass is 14.2. The largest absolute Gasteiger partial charge is 0.104 e. The minimum atomic E-state index is 0.232. The second kappa shape index (κ2) is 6.64. The van der Waals surface area contributed by atoms with E-state index in [1.165, 1.54) is 16.7 Å². The predicted octanol–water partition coefficient (Wildman–Crippen LogP) is 4.89. The Morgan fingerprint density at radius 1 is 1.00 bits per heavy atom. The maximum absolute atomic E-state index is 3.24. The third-order valence-electron chi connectivity index (χ3n) is 3.27. The van der Waals surface area contributed by atoms with E-state index in [4.69, 9.17) is 0 Å². The SMILES string of the molecule is CCC#CCCc1cc(C(C)(C)C)ccc1CC. The normalized spacial score (nSPS) is 10.9. The summed E-state index contributed by atoms with van der Waals surface area (Å²) in [5, 5.41) is 0. The highest BCUT2D eigenvalue weighted by molar-refractivity contribution is 5.35. The van der Waals surface area contributed by atoms with E-state index < -0.39 is 0 Å². The van der Waals surface area contributed by atoms with Crippen molar-refractivity contribution >= 4 is 0 Å². The molecule has 0 aliphatic heterocycles. The van der Waals surface area contributed by atoms with Crippen LogP contribution in [0.15, 0.2) is 18.2 Å². The lowest BCUT2D eigenvalue weighted by Crippen LogP contribution is -2.12. The fourth-order valence-electron chi connectivity index (χ4n) is 2.08. The van der Waals surface area contributed by atoms with Crippen LogP contribution >= 0.6 is 0 Å². The van der Waals surface area contributed by atoms with E-state index in [0.717, 1.165) is 25.7 Å². The summed E-state index contributed by atoms with van der Waals surface area (Å²) in [7, 11) is 0. The van der Waals surface area contributed by atoms with Gasteiger partial charge in [-0.2, -0.15) is 0 Å². The van der Waals surface area contributed by atoms with Gasteiger partial charge in [-0.3, -0.25) is 0 Å². The van der Waals surface area contributed by atoms with Gasteiger partial charge >= 0.3 is 0 Å². The molecule has 0 aliphatic rings. The van der Waals surface area contributed by atoms with Gasteiger partial charge in [0.2, 0.25) is 0 Å². The molecular weight excluding hydrogens is 216 g/mol. The Morgan fingerprint density at radius 2 is 1.72 bits per heavy atom. The van der Waals surface area contributed by atoms with Crippen molar-refractivity contribution < 1.29 is 0 Å². The monoisotopic (exact) mass is 242 g/mol. The summed E-state index contributed by atoms with van der Waals surface area (Å²) in [4.78, 5) is 0. The van der Waals surface area contributed by atoms with Gasteiger partial charge < -0.3 is 0 Å². The Hall–Kier alpha value is -1.22. The van der Waals surface area contributed by atoms with Gasteiger partial charge in [0.25, 0.3) is 0 Å². The molecule has 0 nitrogen and oxygen atoms in total. The summed E-state index contributed by atoms with van der Waals surface area (Å²) in [5.41, 5.74) is 4.62. The van der Waals surface area contributed by atoms with Crippen LogP contribution in [0.25, 0.3) is 0 Å². The second-order valence-electron chi connectivity index (χ2n) is 5.79. The summed E-state index contributed by atoms with van der Waals surface area (Å²) in [6.45, 7) is 11.1. The third-order valence-corrected chi connectivity index (χ3v) is 3.27. The Labute approximate surface area is 113 Å². The fourth-order valence-corrected chi connectivity index (χ4v) is 2.08. The average molecular weight is 242 g/mol. The third kappa shape index (κ3) is 4.22. The molecule has 0 heteroatoms. The molecule has 0 fully saturated rings. The molecule has 0 aromatic heterocycles. The molecule has 0 saturated heterocycles. The number of hydrogen-bond donors (Lipinski definition) is 0. The predicted molar refractivity (Wildman–Crippen MR) is 80.9 cm³/mol. The molecule has 98 valence electrons. The molecule has 0 amide bonds. The van der Waals surface area contributed by atoms with Crippen LogP contribution in [0, 0.1) is 11.8 Å². The van der Waals surface area contributed by atoms with E-state index in [2.05, 4.69) is 64.7 Å². The van der Waals surface area contributed by atoms with E-state index >= 15 is 0 Å². The molecule has 1 aromatic carbocycles. The smallest absolute Gasteiger partial charge is 0.0129 e. The maximum atomic E-state index is 3.24. The van der Waals surface area contributed by atoms with Crippen LogP contribution in [0.3, 0.4) is 0 Å². The van der Waals surface area contributed by atoms with E-state index in [9.17, 15) is 0 Å². The minimum Gasteiger partial charge on any atom is -0.104 e. The molecule has 0 heterocycles. The van der Waals surface area contributed by atoms with Crippen LogP contribution in [-0.4, -0.2) is 0 Å². The van der Waals surface area contributed by atoms with Gasteiger partial charge in [0, 0.05) is 12.8 Å². The average Bonchev–Trinajstić information content (AvgIpc) is 2.33. The van der Waals surface area contributed by atoms with E-state index in [0.29, 0.717) is 0 Å². The number of rotatable bonds is 3. The molecule has 1 aromatic rings. The number of aryl methyl sites for hydroxylation is 2. The van der Waals surface area contributed by atoms with Gasteiger partial charge in [0.15, 0.2) is 0 Å². The standard InChI is InChI=1S/C18H26/c1-6-8-9-10-11-16-14-17(18(3,4)5)13-12-15(16)7-2/h12-14H,6-7,10-11H2,1-5H3. The number of hydrogen-bond acceptors (Lipinski definition) is 0. The van der Waals surface area contributed by atoms with Crippen molar-refractivity contribution in [3.05, 3.63) is 34.9 Å². The van der Waals surface area contributed by atoms with Crippen LogP contribution < -0.4 is 0 Å². The molecule has 0 saturated carbocycles. The molecule has 0 spiro atoms. The zero-order chi connectivity index (χ0) is 13.6. The van der Waals surface area contributed by atoms with E-state index in [1.807, 2.05) is 0 Å². The Morgan fingerprint density at radius 3 is 2.28 bits per heavy atom. The highest BCUT2D eigenvalue weighted by Gasteiger charge is 2.14. The molecule has 0 radical (unpaired) electrons. The molecule has 18 heavy (non-hydrogen) atoms. The number of benzene rings is 1. The van der Waals surface area contributed by atoms with Crippen molar-refractivity contribution in [1.82, 2.24) is 0 Å². The van der Waals surface area contributed by atoms with Gasteiger partial charge in [0.1, 0.15) is 0 Å². The molecule has 1 rings (SSSR count). The zero-order valence-electron chi connectivity index (χ0n) is 12.6. The Balaban J connectivity index is 2.92. The minimum absolute atomic E-state index is 0.232. The summed E-state index contributed by atoms with van der Waals surface area (Å²) in [6.07, 6.45) is 4.14. The van der Waals surface area contributed by atoms with Crippen molar-refractivity contribution in [3.8, 4) is 11.8 Å². The first-order chi connectivity index (χ1) is 8.49. The molecule has 0 aliphatic carbocycles. The fraction of sp³-hybridized carbons (Fsp3) is 0.556. The van der Waals surface area contributed by atoms with Gasteiger partial charge in [-0.25, -0.2) is 0 Å². The van der Waals surface area contributed by atoms with Crippen molar-refractivity contribution in [2.24, 2.45) is 0 Å². The Kier molecular flexibility index (Phi) is 5.48. The van der Waals surface area contributed by atoms with Gasteiger partial charge in [-0.05, 0) is 34.9 Å². The first kappa shape index (κ1) is 14.8. The molecule has 0 atom stereocenters. The summed E-state index contributed by atoms with van der Waals surface area (Å²) in [5.74, 6) is 6.39. The van der Waals surface area contributed by atoms with Crippen molar-refractivity contribution in [3.63, 3.8) is 0 Å². The first-order valence-electron chi connectivity index (χ1n) is 7.07. The van der Waals surface area contributed by atoms with Gasteiger partial charge in [-0.1, -0.05) is 52.8 Å². The quantitative estimate of drug-likeness (QED) is 0.662. The first-order valence-corrected chi connectivity index (χ1v) is 7.07. The summed E-state index contributed by atoms with van der Waals surface area (Å²) in [6, 6.07) is 6.95. The lowest BCUT2D eigenvalue weighted by molar-refractivity contribution is 0.589. The summed E-state index contributed by atoms with van der Waals surface area (Å²) < 4.78 is 0. The van der Waals surface area contributed by atoms with Crippen LogP contribution in [0.4, 0.5) is 0 Å². The second-order valence-corrected chi connectivity index (χ2v) is 5.79. The van der Waals surface area contributed by atoms with E-state index in [1.54, 1.807) is 0 Å². The molecule has 0 unspecified atom stereocenters. The van der Waals surface area contributed by atoms with Crippen molar-refractivity contribution in [2.75, 3.05) is 0 Å². The van der Waals surface area contributed by atoms with Gasteiger partial charge in [0.05, 0.1) is 0 Å². The van der Waals surface area contributed by atoms with Crippen molar-refractivity contribution in [2.45, 2.75) is 65.7 Å². The van der Waals surface area contributed by atoms with Gasteiger partial charge in [-0.15, -0.1) is 11.8 Å². The van der Waals surface area contributed by atoms with Crippen LogP contribution in [-0.2, 0) is 18.3 Å². The molecule has 0 N–H and O–H groups in total. The van der Waals surface area contributed by atoms with Crippen LogP contribution in [0.5, 0.6) is 0 Å². The zero-order valence-corrected chi connectivity index (χ0v) is 12.6. The lowest BCUT2D eigenvalue weighted by Gasteiger charge is -2.21. The molecular formula is C18H26. The van der Waals surface area contributed by atoms with Crippen molar-refractivity contribution in [1.29, 1.82) is 0 Å². The lowest BCUT2D eigenvalue weighted by atomic mass is 9.84.